The number of allylic oxidation sites excluding steroid dienone is 5. The number of rotatable bonds is 16. The van der Waals surface area contributed by atoms with E-state index in [0.29, 0.717) is 40.4 Å². The second-order valence-corrected chi connectivity index (χ2v) is 10.7. The fourth-order valence-corrected chi connectivity index (χ4v) is 5.24. The van der Waals surface area contributed by atoms with Gasteiger partial charge >= 0.3 is 0 Å². The van der Waals surface area contributed by atoms with Gasteiger partial charge in [-0.2, -0.15) is 0 Å². The molecule has 0 radical (unpaired) electrons. The van der Waals surface area contributed by atoms with E-state index >= 15 is 0 Å². The van der Waals surface area contributed by atoms with Crippen LogP contribution in [0, 0.1) is 11.8 Å². The van der Waals surface area contributed by atoms with Crippen molar-refractivity contribution in [3.8, 4) is 17.2 Å². The van der Waals surface area contributed by atoms with Gasteiger partial charge in [0, 0.05) is 38.7 Å². The van der Waals surface area contributed by atoms with Gasteiger partial charge in [0.15, 0.2) is 16.8 Å². The van der Waals surface area contributed by atoms with E-state index in [1.165, 1.54) is 18.7 Å². The molecule has 0 aliphatic heterocycles. The number of ether oxygens (including phenoxy) is 5. The van der Waals surface area contributed by atoms with E-state index in [1.807, 2.05) is 49.4 Å². The van der Waals surface area contributed by atoms with Gasteiger partial charge in [0.1, 0.15) is 23.5 Å². The van der Waals surface area contributed by atoms with E-state index in [-0.39, 0.29) is 36.1 Å². The van der Waals surface area contributed by atoms with Crippen LogP contribution in [-0.4, -0.2) is 40.6 Å². The molecule has 0 fully saturated rings. The average Bonchev–Trinajstić information content (AvgIpc) is 3.02. The van der Waals surface area contributed by atoms with Crippen molar-refractivity contribution in [2.45, 2.75) is 59.4 Å². The molecule has 0 spiro atoms. The van der Waals surface area contributed by atoms with Gasteiger partial charge in [0.05, 0.1) is 26.4 Å². The lowest BCUT2D eigenvalue weighted by Crippen LogP contribution is -2.36. The smallest absolute Gasteiger partial charge is 0.205 e. The standard InChI is InChI=1S/C36H46O7/c1-9-24(2)15-13-14-18-30(38-5)26(4)34(41-8)25(3)19-20-28-21-29(37)33-31(39-6)22-32(40-7)35(36(33)43-28)42-23-27-16-11-10-12-17-27/h9-18,21-22,25-26,30,34H,19-20,23H2,1-8H3/b15-13+,18-14+,24-9+. The molecular weight excluding hydrogens is 544 g/mol. The molecule has 1 heterocycles. The topological polar surface area (TPSA) is 76.4 Å². The highest BCUT2D eigenvalue weighted by molar-refractivity contribution is 5.91. The summed E-state index contributed by atoms with van der Waals surface area (Å²) in [7, 11) is 6.51. The molecule has 0 saturated heterocycles. The largest absolute Gasteiger partial charge is 0.496 e. The van der Waals surface area contributed by atoms with Gasteiger partial charge in [0.2, 0.25) is 5.75 Å². The van der Waals surface area contributed by atoms with E-state index in [2.05, 4.69) is 39.0 Å². The van der Waals surface area contributed by atoms with Crippen LogP contribution in [0.3, 0.4) is 0 Å². The zero-order valence-corrected chi connectivity index (χ0v) is 26.7. The van der Waals surface area contributed by atoms with E-state index in [9.17, 15) is 4.79 Å². The molecule has 0 saturated carbocycles. The summed E-state index contributed by atoms with van der Waals surface area (Å²) in [5.74, 6) is 1.96. The Kier molecular flexibility index (Phi) is 13.1. The van der Waals surface area contributed by atoms with Crippen molar-refractivity contribution in [1.82, 2.24) is 0 Å². The van der Waals surface area contributed by atoms with Gasteiger partial charge in [-0.05, 0) is 31.7 Å². The third-order valence-electron chi connectivity index (χ3n) is 7.82. The number of benzene rings is 2. The van der Waals surface area contributed by atoms with Gasteiger partial charge in [-0.15, -0.1) is 0 Å². The quantitative estimate of drug-likeness (QED) is 0.158. The van der Waals surface area contributed by atoms with Crippen LogP contribution in [0.4, 0.5) is 0 Å². The van der Waals surface area contributed by atoms with E-state index in [0.717, 1.165) is 12.0 Å². The molecule has 0 aliphatic rings. The lowest BCUT2D eigenvalue weighted by atomic mass is 9.86. The maximum Gasteiger partial charge on any atom is 0.205 e. The first kappa shape index (κ1) is 33.7. The maximum atomic E-state index is 13.4. The van der Waals surface area contributed by atoms with Crippen LogP contribution >= 0.6 is 0 Å². The summed E-state index contributed by atoms with van der Waals surface area (Å²) >= 11 is 0. The SMILES string of the molecule is C/C=C(C)/C=C/C=C/C(OC)C(C)C(OC)C(C)CCc1cc(=O)c2c(OC)cc(OC)c(OCc3ccccc3)c2o1. The summed E-state index contributed by atoms with van der Waals surface area (Å²) in [6, 6.07) is 13.0. The van der Waals surface area contributed by atoms with Crippen LogP contribution < -0.4 is 19.6 Å². The summed E-state index contributed by atoms with van der Waals surface area (Å²) in [4.78, 5) is 13.4. The summed E-state index contributed by atoms with van der Waals surface area (Å²) < 4.78 is 35.5. The summed E-state index contributed by atoms with van der Waals surface area (Å²) in [6.07, 6.45) is 11.3. The van der Waals surface area contributed by atoms with Crippen LogP contribution in [0.15, 0.2) is 87.6 Å². The molecule has 7 heteroatoms. The van der Waals surface area contributed by atoms with Gasteiger partial charge in [-0.25, -0.2) is 0 Å². The Labute approximate surface area is 255 Å². The molecule has 4 atom stereocenters. The minimum atomic E-state index is -0.199. The minimum Gasteiger partial charge on any atom is -0.496 e. The third-order valence-corrected chi connectivity index (χ3v) is 7.82. The van der Waals surface area contributed by atoms with Crippen LogP contribution in [0.1, 0.15) is 45.4 Å². The van der Waals surface area contributed by atoms with Crippen molar-refractivity contribution in [1.29, 1.82) is 0 Å². The highest BCUT2D eigenvalue weighted by Gasteiger charge is 2.29. The Morgan fingerprint density at radius 2 is 1.67 bits per heavy atom. The molecule has 0 N–H and O–H groups in total. The lowest BCUT2D eigenvalue weighted by molar-refractivity contribution is -0.0343. The zero-order valence-electron chi connectivity index (χ0n) is 26.7. The van der Waals surface area contributed by atoms with Crippen molar-refractivity contribution in [3.05, 3.63) is 100.0 Å². The molecule has 43 heavy (non-hydrogen) atoms. The normalized spacial score (nSPS) is 15.1. The Morgan fingerprint density at radius 1 is 0.953 bits per heavy atom. The molecule has 2 aromatic carbocycles. The summed E-state index contributed by atoms with van der Waals surface area (Å²) in [5.41, 5.74) is 2.29. The Hall–Kier alpha value is -3.81. The van der Waals surface area contributed by atoms with Crippen LogP contribution in [0.2, 0.25) is 0 Å². The van der Waals surface area contributed by atoms with Gasteiger partial charge < -0.3 is 28.1 Å². The van der Waals surface area contributed by atoms with E-state index < -0.39 is 0 Å². The molecule has 7 nitrogen and oxygen atoms in total. The monoisotopic (exact) mass is 590 g/mol. The van der Waals surface area contributed by atoms with Gasteiger partial charge in [-0.3, -0.25) is 4.79 Å². The second kappa shape index (κ2) is 16.7. The first-order chi connectivity index (χ1) is 20.8. The minimum absolute atomic E-state index is 0.0759. The number of fused-ring (bicyclic) bond motifs is 1. The first-order valence-corrected chi connectivity index (χ1v) is 14.7. The highest BCUT2D eigenvalue weighted by atomic mass is 16.5. The van der Waals surface area contributed by atoms with E-state index in [1.54, 1.807) is 27.4 Å². The molecule has 4 unspecified atom stereocenters. The number of aryl methyl sites for hydroxylation is 1. The average molecular weight is 591 g/mol. The fraction of sp³-hybridized carbons (Fsp3) is 0.417. The lowest BCUT2D eigenvalue weighted by Gasteiger charge is -2.32. The Bertz CT molecular complexity index is 1450. The van der Waals surface area contributed by atoms with Crippen molar-refractivity contribution in [3.63, 3.8) is 0 Å². The van der Waals surface area contributed by atoms with Gasteiger partial charge in [0.25, 0.3) is 0 Å². The number of methoxy groups -OCH3 is 4. The second-order valence-electron chi connectivity index (χ2n) is 10.7. The van der Waals surface area contributed by atoms with Crippen molar-refractivity contribution in [2.24, 2.45) is 11.8 Å². The fourth-order valence-electron chi connectivity index (χ4n) is 5.24. The molecule has 0 aliphatic carbocycles. The van der Waals surface area contributed by atoms with Crippen molar-refractivity contribution >= 4 is 11.0 Å². The molecule has 0 amide bonds. The predicted molar refractivity (Wildman–Crippen MR) is 172 cm³/mol. The third kappa shape index (κ3) is 8.85. The van der Waals surface area contributed by atoms with Crippen molar-refractivity contribution in [2.75, 3.05) is 28.4 Å². The summed E-state index contributed by atoms with van der Waals surface area (Å²) in [5, 5.41) is 0.319. The van der Waals surface area contributed by atoms with Gasteiger partial charge in [-0.1, -0.05) is 80.1 Å². The Morgan fingerprint density at radius 3 is 2.30 bits per heavy atom. The molecule has 232 valence electrons. The van der Waals surface area contributed by atoms with Crippen molar-refractivity contribution < 1.29 is 28.1 Å². The molecule has 3 aromatic rings. The molecule has 1 aromatic heterocycles. The first-order valence-electron chi connectivity index (χ1n) is 14.7. The van der Waals surface area contributed by atoms with E-state index in [4.69, 9.17) is 28.1 Å². The zero-order chi connectivity index (χ0) is 31.4. The summed E-state index contributed by atoms with van der Waals surface area (Å²) in [6.45, 7) is 8.65. The molecule has 0 bridgehead atoms. The van der Waals surface area contributed by atoms with Crippen LogP contribution in [0.5, 0.6) is 17.2 Å². The van der Waals surface area contributed by atoms with Crippen LogP contribution in [-0.2, 0) is 22.5 Å². The number of hydrogen-bond acceptors (Lipinski definition) is 7. The number of hydrogen-bond donors (Lipinski definition) is 0. The molecular formula is C36H46O7. The maximum absolute atomic E-state index is 13.4. The highest BCUT2D eigenvalue weighted by Crippen LogP contribution is 2.41. The van der Waals surface area contributed by atoms with Crippen LogP contribution in [0.25, 0.3) is 11.0 Å². The molecule has 3 rings (SSSR count). The Balaban J connectivity index is 1.85. The predicted octanol–water partition coefficient (Wildman–Crippen LogP) is 7.70.